The van der Waals surface area contributed by atoms with E-state index in [2.05, 4.69) is 99.6 Å². The molecule has 0 aliphatic carbocycles. The molecule has 168 valence electrons. The van der Waals surface area contributed by atoms with Crippen molar-refractivity contribution in [3.05, 3.63) is 95.6 Å². The van der Waals surface area contributed by atoms with Gasteiger partial charge in [-0.25, -0.2) is 0 Å². The van der Waals surface area contributed by atoms with Crippen LogP contribution in [0.25, 0.3) is 11.1 Å². The predicted molar refractivity (Wildman–Crippen MR) is 147 cm³/mol. The van der Waals surface area contributed by atoms with Crippen molar-refractivity contribution in [2.45, 2.75) is 20.8 Å². The van der Waals surface area contributed by atoms with E-state index in [1.165, 1.54) is 37.9 Å². The number of benzene rings is 4. The molecule has 0 aliphatic heterocycles. The molecule has 2 unspecified atom stereocenters. The monoisotopic (exact) mass is 472 g/mol. The average molecular weight is 473 g/mol. The molecule has 0 aromatic heterocycles. The SMILES string of the molecule is COc1cccc(Pc2cccc(C)c2)c1-c1c(OC)cccc1Pc1cc(C)cc(C)c1. The summed E-state index contributed by atoms with van der Waals surface area (Å²) in [6.45, 7) is 6.47. The van der Waals surface area contributed by atoms with Crippen molar-refractivity contribution in [2.75, 3.05) is 14.2 Å². The Morgan fingerprint density at radius 3 is 1.52 bits per heavy atom. The maximum Gasteiger partial charge on any atom is 0.127 e. The maximum absolute atomic E-state index is 5.90. The summed E-state index contributed by atoms with van der Waals surface area (Å²) in [5, 5.41) is 5.17. The summed E-state index contributed by atoms with van der Waals surface area (Å²) in [4.78, 5) is 0. The maximum atomic E-state index is 5.90. The van der Waals surface area contributed by atoms with Gasteiger partial charge < -0.3 is 9.47 Å². The summed E-state index contributed by atoms with van der Waals surface area (Å²) >= 11 is 0. The molecule has 33 heavy (non-hydrogen) atoms. The van der Waals surface area contributed by atoms with E-state index in [1.54, 1.807) is 14.2 Å². The van der Waals surface area contributed by atoms with Gasteiger partial charge in [0.2, 0.25) is 0 Å². The number of hydrogen-bond acceptors (Lipinski definition) is 2. The first kappa shape index (κ1) is 23.5. The first-order valence-corrected chi connectivity index (χ1v) is 13.0. The van der Waals surface area contributed by atoms with Gasteiger partial charge in [0, 0.05) is 11.1 Å². The molecule has 0 saturated heterocycles. The van der Waals surface area contributed by atoms with E-state index in [1.807, 2.05) is 0 Å². The number of rotatable bonds is 7. The minimum atomic E-state index is 0.521. The Morgan fingerprint density at radius 2 is 1.00 bits per heavy atom. The highest BCUT2D eigenvalue weighted by Crippen LogP contribution is 2.39. The largest absolute Gasteiger partial charge is 0.496 e. The quantitative estimate of drug-likeness (QED) is 0.328. The second kappa shape index (κ2) is 10.5. The molecule has 0 heterocycles. The zero-order valence-electron chi connectivity index (χ0n) is 19.8. The fourth-order valence-corrected chi connectivity index (χ4v) is 7.01. The van der Waals surface area contributed by atoms with Crippen LogP contribution in [0.5, 0.6) is 11.5 Å². The zero-order valence-corrected chi connectivity index (χ0v) is 21.8. The third-order valence-corrected chi connectivity index (χ3v) is 8.09. The van der Waals surface area contributed by atoms with Crippen LogP contribution in [0.4, 0.5) is 0 Å². The molecular weight excluding hydrogens is 442 g/mol. The molecule has 0 fully saturated rings. The van der Waals surface area contributed by atoms with E-state index in [4.69, 9.17) is 9.47 Å². The molecule has 0 N–H and O–H groups in total. The molecule has 0 saturated carbocycles. The van der Waals surface area contributed by atoms with Crippen molar-refractivity contribution in [3.63, 3.8) is 0 Å². The van der Waals surface area contributed by atoms with Gasteiger partial charge in [-0.05, 0) is 54.1 Å². The lowest BCUT2D eigenvalue weighted by atomic mass is 10.0. The molecule has 4 aromatic carbocycles. The van der Waals surface area contributed by atoms with Crippen LogP contribution in [0.1, 0.15) is 16.7 Å². The highest BCUT2D eigenvalue weighted by molar-refractivity contribution is 7.56. The Balaban J connectivity index is 1.89. The van der Waals surface area contributed by atoms with Crippen LogP contribution in [-0.2, 0) is 0 Å². The van der Waals surface area contributed by atoms with Crippen LogP contribution in [-0.4, -0.2) is 14.2 Å². The van der Waals surface area contributed by atoms with Crippen LogP contribution in [0.15, 0.2) is 78.9 Å². The molecule has 4 heteroatoms. The van der Waals surface area contributed by atoms with E-state index in [0.717, 1.165) is 22.6 Å². The summed E-state index contributed by atoms with van der Waals surface area (Å²) in [7, 11) is 4.54. The number of ether oxygens (including phenoxy) is 2. The fraction of sp³-hybridized carbons (Fsp3) is 0.172. The third kappa shape index (κ3) is 5.47. The number of aryl methyl sites for hydroxylation is 3. The van der Waals surface area contributed by atoms with Crippen molar-refractivity contribution in [1.29, 1.82) is 0 Å². The van der Waals surface area contributed by atoms with Crippen LogP contribution in [0.2, 0.25) is 0 Å². The van der Waals surface area contributed by atoms with Gasteiger partial charge in [0.15, 0.2) is 0 Å². The van der Waals surface area contributed by atoms with Crippen LogP contribution < -0.4 is 30.7 Å². The smallest absolute Gasteiger partial charge is 0.127 e. The average Bonchev–Trinajstić information content (AvgIpc) is 2.78. The molecule has 0 aliphatic rings. The van der Waals surface area contributed by atoms with Gasteiger partial charge in [-0.1, -0.05) is 101 Å². The minimum absolute atomic E-state index is 0.521. The molecule has 2 atom stereocenters. The van der Waals surface area contributed by atoms with Gasteiger partial charge in [0.1, 0.15) is 11.5 Å². The lowest BCUT2D eigenvalue weighted by Gasteiger charge is -2.20. The molecule has 0 spiro atoms. The molecule has 0 amide bonds. The lowest BCUT2D eigenvalue weighted by Crippen LogP contribution is -2.15. The zero-order chi connectivity index (χ0) is 23.4. The molecule has 4 rings (SSSR count). The van der Waals surface area contributed by atoms with Crippen molar-refractivity contribution in [2.24, 2.45) is 0 Å². The van der Waals surface area contributed by atoms with Crippen molar-refractivity contribution in [3.8, 4) is 22.6 Å². The Kier molecular flexibility index (Phi) is 7.49. The van der Waals surface area contributed by atoms with E-state index in [9.17, 15) is 0 Å². The van der Waals surface area contributed by atoms with Crippen LogP contribution in [0.3, 0.4) is 0 Å². The predicted octanol–water partition coefficient (Wildman–Crippen LogP) is 5.55. The number of hydrogen-bond donors (Lipinski definition) is 0. The van der Waals surface area contributed by atoms with Crippen molar-refractivity contribution >= 4 is 38.4 Å². The normalized spacial score (nSPS) is 11.5. The van der Waals surface area contributed by atoms with Crippen molar-refractivity contribution < 1.29 is 9.47 Å². The molecule has 0 bridgehead atoms. The second-order valence-corrected chi connectivity index (χ2v) is 11.0. The minimum Gasteiger partial charge on any atom is -0.496 e. The second-order valence-electron chi connectivity index (χ2n) is 8.26. The van der Waals surface area contributed by atoms with Gasteiger partial charge in [0.25, 0.3) is 0 Å². The molecule has 4 aromatic rings. The van der Waals surface area contributed by atoms with Crippen LogP contribution in [0, 0.1) is 20.8 Å². The highest BCUT2D eigenvalue weighted by Gasteiger charge is 2.20. The Hall–Kier alpha value is -2.66. The van der Waals surface area contributed by atoms with Gasteiger partial charge in [-0.2, -0.15) is 0 Å². The van der Waals surface area contributed by atoms with E-state index in [-0.39, 0.29) is 0 Å². The Labute approximate surface area is 200 Å². The summed E-state index contributed by atoms with van der Waals surface area (Å²) in [6, 6.07) is 28.3. The van der Waals surface area contributed by atoms with E-state index in [0.29, 0.717) is 17.2 Å². The number of methoxy groups -OCH3 is 2. The first-order chi connectivity index (χ1) is 16.0. The van der Waals surface area contributed by atoms with Gasteiger partial charge >= 0.3 is 0 Å². The van der Waals surface area contributed by atoms with Gasteiger partial charge in [0.05, 0.1) is 14.2 Å². The van der Waals surface area contributed by atoms with Crippen LogP contribution >= 0.6 is 17.2 Å². The summed E-state index contributed by atoms with van der Waals surface area (Å²) < 4.78 is 11.8. The standard InChI is InChI=1S/C29H30O2P2/c1-19-9-6-10-22(16-19)32-26-13-7-11-24(30-4)28(26)29-25(31-5)12-8-14-27(29)33-23-17-20(2)15-21(3)18-23/h6-18,32-33H,1-5H3. The fourth-order valence-electron chi connectivity index (χ4n) is 4.21. The molecule has 2 nitrogen and oxygen atoms in total. The molecular formula is C29H30O2P2. The van der Waals surface area contributed by atoms with E-state index >= 15 is 0 Å². The van der Waals surface area contributed by atoms with Gasteiger partial charge in [-0.3, -0.25) is 0 Å². The Morgan fingerprint density at radius 1 is 0.515 bits per heavy atom. The molecule has 0 radical (unpaired) electrons. The topological polar surface area (TPSA) is 18.5 Å². The van der Waals surface area contributed by atoms with Crippen molar-refractivity contribution in [1.82, 2.24) is 0 Å². The Bertz CT molecular complexity index is 1260. The summed E-state index contributed by atoms with van der Waals surface area (Å²) in [6.07, 6.45) is 0. The highest BCUT2D eigenvalue weighted by atomic mass is 31.1. The van der Waals surface area contributed by atoms with Gasteiger partial charge in [-0.15, -0.1) is 0 Å². The summed E-state index contributed by atoms with van der Waals surface area (Å²) in [5.74, 6) is 1.76. The third-order valence-electron chi connectivity index (χ3n) is 5.54. The lowest BCUT2D eigenvalue weighted by molar-refractivity contribution is 0.411. The van der Waals surface area contributed by atoms with E-state index < -0.39 is 0 Å². The summed E-state index contributed by atoms with van der Waals surface area (Å²) in [5.41, 5.74) is 6.12. The first-order valence-electron chi connectivity index (χ1n) is 11.0.